The summed E-state index contributed by atoms with van der Waals surface area (Å²) in [5.74, 6) is -4.86. The number of piperidine rings is 1. The number of hydrogen-bond acceptors (Lipinski definition) is 6. The minimum Gasteiger partial charge on any atom is -0.461 e. The number of rotatable bonds is 8. The van der Waals surface area contributed by atoms with Gasteiger partial charge in [0.05, 0.1) is 6.10 Å². The summed E-state index contributed by atoms with van der Waals surface area (Å²) in [5, 5.41) is 11.0. The van der Waals surface area contributed by atoms with Crippen molar-refractivity contribution in [2.45, 2.75) is 96.7 Å². The number of likely N-dealkylation sites (tertiary alicyclic amines) is 1. The molecule has 1 aromatic rings. The van der Waals surface area contributed by atoms with Gasteiger partial charge in [0, 0.05) is 12.5 Å². The molecular formula is C27H39NO6. The summed E-state index contributed by atoms with van der Waals surface area (Å²) >= 11 is 0. The van der Waals surface area contributed by atoms with Crippen molar-refractivity contribution in [2.75, 3.05) is 6.54 Å². The third-order valence-electron chi connectivity index (χ3n) is 7.44. The predicted molar refractivity (Wildman–Crippen MR) is 128 cm³/mol. The van der Waals surface area contributed by atoms with Crippen LogP contribution < -0.4 is 0 Å². The summed E-state index contributed by atoms with van der Waals surface area (Å²) in [6.45, 7) is 7.71. The first-order valence-corrected chi connectivity index (χ1v) is 12.7. The summed E-state index contributed by atoms with van der Waals surface area (Å²) < 4.78 is 11.4. The van der Waals surface area contributed by atoms with Gasteiger partial charge in [-0.05, 0) is 70.3 Å². The topological polar surface area (TPSA) is 93.1 Å². The Morgan fingerprint density at radius 2 is 1.85 bits per heavy atom. The minimum atomic E-state index is -2.16. The highest BCUT2D eigenvalue weighted by molar-refractivity contribution is 6.39. The molecule has 1 amide bonds. The van der Waals surface area contributed by atoms with Gasteiger partial charge in [0.2, 0.25) is 5.79 Å². The number of carbonyl (C=O) groups excluding carboxylic acids is 3. The molecule has 2 aliphatic rings. The largest absolute Gasteiger partial charge is 0.461 e. The Labute approximate surface area is 202 Å². The minimum absolute atomic E-state index is 0.138. The first-order chi connectivity index (χ1) is 16.2. The zero-order valence-corrected chi connectivity index (χ0v) is 20.9. The van der Waals surface area contributed by atoms with Gasteiger partial charge in [-0.2, -0.15) is 0 Å². The van der Waals surface area contributed by atoms with E-state index in [2.05, 4.69) is 19.1 Å². The van der Waals surface area contributed by atoms with E-state index in [1.165, 1.54) is 10.5 Å². The number of ketones is 1. The molecule has 0 radical (unpaired) electrons. The fraction of sp³-hybridized carbons (Fsp3) is 0.667. The molecule has 2 saturated heterocycles. The third kappa shape index (κ3) is 5.87. The molecule has 0 saturated carbocycles. The molecule has 7 heteroatoms. The van der Waals surface area contributed by atoms with Crippen molar-refractivity contribution in [1.82, 2.24) is 4.90 Å². The smallest absolute Gasteiger partial charge is 0.329 e. The van der Waals surface area contributed by atoms with Crippen LogP contribution in [0.1, 0.15) is 71.8 Å². The van der Waals surface area contributed by atoms with Gasteiger partial charge in [-0.25, -0.2) is 4.79 Å². The number of Topliss-reactive ketones (excluding diaryl/α,β-unsaturated/α-hetero) is 1. The average Bonchev–Trinajstić information content (AvgIpc) is 2.84. The number of amides is 1. The molecule has 6 atom stereocenters. The summed E-state index contributed by atoms with van der Waals surface area (Å²) in [4.78, 5) is 40.8. The molecule has 2 heterocycles. The van der Waals surface area contributed by atoms with Crippen LogP contribution in [0.25, 0.3) is 0 Å². The van der Waals surface area contributed by atoms with E-state index in [1.807, 2.05) is 25.1 Å². The number of hydrogen-bond donors (Lipinski definition) is 1. The van der Waals surface area contributed by atoms with Crippen molar-refractivity contribution in [3.05, 3.63) is 35.9 Å². The van der Waals surface area contributed by atoms with Gasteiger partial charge in [0.15, 0.2) is 0 Å². The quantitative estimate of drug-likeness (QED) is 0.458. The number of nitrogens with zero attached hydrogens (tertiary/aromatic N) is 1. The molecule has 0 spiro atoms. The van der Waals surface area contributed by atoms with Crippen LogP contribution in [-0.4, -0.2) is 58.2 Å². The molecule has 3 rings (SSSR count). The highest BCUT2D eigenvalue weighted by Crippen LogP contribution is 2.34. The lowest BCUT2D eigenvalue weighted by atomic mass is 9.87. The second kappa shape index (κ2) is 11.5. The number of carbonyl (C=O) groups is 3. The summed E-state index contributed by atoms with van der Waals surface area (Å²) in [6.07, 6.45) is 4.16. The van der Waals surface area contributed by atoms with Gasteiger partial charge < -0.3 is 19.5 Å². The molecule has 2 fully saturated rings. The molecule has 188 valence electrons. The normalized spacial score (nSPS) is 29.2. The van der Waals surface area contributed by atoms with Gasteiger partial charge in [0.25, 0.3) is 11.7 Å². The van der Waals surface area contributed by atoms with Crippen LogP contribution >= 0.6 is 0 Å². The SMILES string of the molecule is CCC(Cc1ccccc1)C(C)OC(=O)C1CCCCN1C(=O)C(=O)C1(O)O[C@@H](C)CCC1C. The maximum absolute atomic E-state index is 13.2. The van der Waals surface area contributed by atoms with Crippen LogP contribution in [-0.2, 0) is 30.3 Å². The Hall–Kier alpha value is -2.25. The molecular weight excluding hydrogens is 434 g/mol. The predicted octanol–water partition coefficient (Wildman–Crippen LogP) is 3.66. The second-order valence-electron chi connectivity index (χ2n) is 9.94. The first kappa shape index (κ1) is 26.4. The van der Waals surface area contributed by atoms with Gasteiger partial charge in [-0.3, -0.25) is 9.59 Å². The van der Waals surface area contributed by atoms with Crippen LogP contribution in [0.2, 0.25) is 0 Å². The summed E-state index contributed by atoms with van der Waals surface area (Å²) in [7, 11) is 0. The Morgan fingerprint density at radius 3 is 2.53 bits per heavy atom. The lowest BCUT2D eigenvalue weighted by molar-refractivity contribution is -0.259. The fourth-order valence-corrected chi connectivity index (χ4v) is 5.06. The Balaban J connectivity index is 1.69. The van der Waals surface area contributed by atoms with Crippen molar-refractivity contribution < 1.29 is 29.0 Å². The highest BCUT2D eigenvalue weighted by Gasteiger charge is 2.52. The van der Waals surface area contributed by atoms with Gasteiger partial charge in [-0.1, -0.05) is 44.2 Å². The van der Waals surface area contributed by atoms with Crippen molar-refractivity contribution >= 4 is 17.7 Å². The van der Waals surface area contributed by atoms with Crippen LogP contribution in [0.15, 0.2) is 30.3 Å². The van der Waals surface area contributed by atoms with E-state index >= 15 is 0 Å². The lowest BCUT2D eigenvalue weighted by Gasteiger charge is -2.41. The Morgan fingerprint density at radius 1 is 1.15 bits per heavy atom. The molecule has 2 aliphatic heterocycles. The van der Waals surface area contributed by atoms with E-state index in [0.29, 0.717) is 25.7 Å². The van der Waals surface area contributed by atoms with Crippen LogP contribution in [0.4, 0.5) is 0 Å². The molecule has 34 heavy (non-hydrogen) atoms. The highest BCUT2D eigenvalue weighted by atomic mass is 16.6. The van der Waals surface area contributed by atoms with E-state index in [9.17, 15) is 19.5 Å². The zero-order chi connectivity index (χ0) is 24.9. The van der Waals surface area contributed by atoms with Gasteiger partial charge in [0.1, 0.15) is 12.1 Å². The second-order valence-corrected chi connectivity index (χ2v) is 9.94. The maximum Gasteiger partial charge on any atom is 0.329 e. The molecule has 0 bridgehead atoms. The van der Waals surface area contributed by atoms with Gasteiger partial charge in [-0.15, -0.1) is 0 Å². The van der Waals surface area contributed by atoms with Crippen molar-refractivity contribution in [3.63, 3.8) is 0 Å². The molecule has 1 N–H and O–H groups in total. The zero-order valence-electron chi connectivity index (χ0n) is 20.9. The van der Waals surface area contributed by atoms with E-state index in [1.54, 1.807) is 13.8 Å². The monoisotopic (exact) mass is 473 g/mol. The van der Waals surface area contributed by atoms with E-state index in [4.69, 9.17) is 9.47 Å². The number of esters is 1. The summed E-state index contributed by atoms with van der Waals surface area (Å²) in [6, 6.07) is 9.25. The molecule has 1 aromatic carbocycles. The molecule has 5 unspecified atom stereocenters. The standard InChI is InChI=1S/C27H39NO6/c1-5-22(17-21-11-7-6-8-12-21)20(4)33-26(31)23-13-9-10-16-28(23)25(30)24(29)27(32)18(2)14-15-19(3)34-27/h6-8,11-12,18-20,22-23,32H,5,9-10,13-17H2,1-4H3/t18?,19-,20?,22?,23?,27?/m0/s1. The van der Waals surface area contributed by atoms with Gasteiger partial charge >= 0.3 is 5.97 Å². The fourth-order valence-electron chi connectivity index (χ4n) is 5.06. The Kier molecular flexibility index (Phi) is 8.88. The molecule has 0 aromatic heterocycles. The lowest BCUT2D eigenvalue weighted by Crippen LogP contribution is -2.60. The van der Waals surface area contributed by atoms with Crippen molar-refractivity contribution in [3.8, 4) is 0 Å². The average molecular weight is 474 g/mol. The van der Waals surface area contributed by atoms with Crippen LogP contribution in [0.3, 0.4) is 0 Å². The van der Waals surface area contributed by atoms with Crippen LogP contribution in [0, 0.1) is 11.8 Å². The molecule has 0 aliphatic carbocycles. The van der Waals surface area contributed by atoms with E-state index in [0.717, 1.165) is 19.3 Å². The van der Waals surface area contributed by atoms with Crippen molar-refractivity contribution in [2.24, 2.45) is 11.8 Å². The number of benzene rings is 1. The maximum atomic E-state index is 13.2. The van der Waals surface area contributed by atoms with Crippen LogP contribution in [0.5, 0.6) is 0 Å². The van der Waals surface area contributed by atoms with Crippen molar-refractivity contribution in [1.29, 1.82) is 0 Å². The van der Waals surface area contributed by atoms with E-state index < -0.39 is 35.4 Å². The Bertz CT molecular complexity index is 858. The number of ether oxygens (including phenoxy) is 2. The van der Waals surface area contributed by atoms with E-state index in [-0.39, 0.29) is 24.7 Å². The summed E-state index contributed by atoms with van der Waals surface area (Å²) in [5.41, 5.74) is 1.18. The third-order valence-corrected chi connectivity index (χ3v) is 7.44. The number of aliphatic hydroxyl groups is 1. The first-order valence-electron chi connectivity index (χ1n) is 12.7. The molecule has 7 nitrogen and oxygen atoms in total.